The Bertz CT molecular complexity index is 685. The lowest BCUT2D eigenvalue weighted by atomic mass is 9.97. The maximum absolute atomic E-state index is 11.1. The van der Waals surface area contributed by atoms with Crippen molar-refractivity contribution in [1.29, 1.82) is 0 Å². The number of benzene rings is 1. The van der Waals surface area contributed by atoms with Gasteiger partial charge < -0.3 is 10.2 Å². The molecule has 2 heterocycles. The Morgan fingerprint density at radius 1 is 1.41 bits per heavy atom. The van der Waals surface area contributed by atoms with Crippen LogP contribution in [0.1, 0.15) is 25.3 Å². The molecule has 22 heavy (non-hydrogen) atoms. The number of nitrogens with zero attached hydrogens (tertiary/aromatic N) is 3. The number of amides is 1. The Hall–Kier alpha value is -2.17. The van der Waals surface area contributed by atoms with Gasteiger partial charge in [-0.3, -0.25) is 4.79 Å². The summed E-state index contributed by atoms with van der Waals surface area (Å²) in [5, 5.41) is 4.05. The fourth-order valence-corrected chi connectivity index (χ4v) is 3.12. The van der Waals surface area contributed by atoms with E-state index < -0.39 is 0 Å². The number of piperidine rings is 1. The molecule has 3 rings (SSSR count). The summed E-state index contributed by atoms with van der Waals surface area (Å²) in [7, 11) is 0. The predicted molar refractivity (Wildman–Crippen MR) is 87.9 cm³/mol. The second kappa shape index (κ2) is 6.30. The van der Waals surface area contributed by atoms with Gasteiger partial charge >= 0.3 is 0 Å². The molecule has 1 aliphatic rings. The van der Waals surface area contributed by atoms with E-state index in [9.17, 15) is 4.79 Å². The second-order valence-corrected chi connectivity index (χ2v) is 6.11. The van der Waals surface area contributed by atoms with Crippen LogP contribution in [0, 0.1) is 12.8 Å². The van der Waals surface area contributed by atoms with Gasteiger partial charge in [-0.1, -0.05) is 11.6 Å². The third-order valence-corrected chi connectivity index (χ3v) is 4.23. The van der Waals surface area contributed by atoms with Gasteiger partial charge in [0.2, 0.25) is 5.91 Å². The highest BCUT2D eigenvalue weighted by molar-refractivity contribution is 5.89. The molecule has 1 aromatic carbocycles. The highest BCUT2D eigenvalue weighted by Crippen LogP contribution is 2.27. The van der Waals surface area contributed by atoms with Crippen LogP contribution in [0.5, 0.6) is 0 Å². The lowest BCUT2D eigenvalue weighted by Gasteiger charge is -2.34. The van der Waals surface area contributed by atoms with E-state index >= 15 is 0 Å². The summed E-state index contributed by atoms with van der Waals surface area (Å²) >= 11 is 0. The molecule has 1 N–H and O–H groups in total. The summed E-state index contributed by atoms with van der Waals surface area (Å²) < 4.78 is 0. The molecule has 2 aromatic rings. The van der Waals surface area contributed by atoms with Gasteiger partial charge in [0, 0.05) is 31.9 Å². The Labute approximate surface area is 130 Å². The first-order valence-corrected chi connectivity index (χ1v) is 7.84. The SMILES string of the molecule is CC(=O)NCC1CCCN(c2ncnc3ccc(C)cc23)C1. The number of rotatable bonds is 3. The van der Waals surface area contributed by atoms with E-state index in [1.54, 1.807) is 13.3 Å². The quantitative estimate of drug-likeness (QED) is 0.944. The topological polar surface area (TPSA) is 58.1 Å². The number of hydrogen-bond acceptors (Lipinski definition) is 4. The smallest absolute Gasteiger partial charge is 0.216 e. The van der Waals surface area contributed by atoms with Gasteiger partial charge in [0.25, 0.3) is 0 Å². The molecule has 5 heteroatoms. The Balaban J connectivity index is 1.84. The normalized spacial score (nSPS) is 18.5. The number of aryl methyl sites for hydroxylation is 1. The second-order valence-electron chi connectivity index (χ2n) is 6.11. The molecule has 1 atom stereocenters. The van der Waals surface area contributed by atoms with Crippen molar-refractivity contribution in [2.75, 3.05) is 24.5 Å². The van der Waals surface area contributed by atoms with Crippen LogP contribution in [-0.2, 0) is 4.79 Å². The molecule has 1 fully saturated rings. The van der Waals surface area contributed by atoms with Crippen LogP contribution in [0.15, 0.2) is 24.5 Å². The van der Waals surface area contributed by atoms with E-state index in [1.807, 2.05) is 0 Å². The maximum Gasteiger partial charge on any atom is 0.216 e. The average Bonchev–Trinajstić information content (AvgIpc) is 2.52. The highest BCUT2D eigenvalue weighted by Gasteiger charge is 2.22. The van der Waals surface area contributed by atoms with Crippen molar-refractivity contribution in [3.8, 4) is 0 Å². The van der Waals surface area contributed by atoms with Crippen molar-refractivity contribution in [2.45, 2.75) is 26.7 Å². The molecule has 1 aromatic heterocycles. The number of anilines is 1. The molecule has 116 valence electrons. The van der Waals surface area contributed by atoms with Gasteiger partial charge in [0.05, 0.1) is 5.52 Å². The summed E-state index contributed by atoms with van der Waals surface area (Å²) in [5.41, 5.74) is 2.20. The van der Waals surface area contributed by atoms with Crippen LogP contribution in [0.4, 0.5) is 5.82 Å². The van der Waals surface area contributed by atoms with E-state index in [2.05, 4.69) is 45.3 Å². The maximum atomic E-state index is 11.1. The number of carbonyl (C=O) groups is 1. The lowest BCUT2D eigenvalue weighted by molar-refractivity contribution is -0.119. The van der Waals surface area contributed by atoms with E-state index in [0.29, 0.717) is 5.92 Å². The standard InChI is InChI=1S/C17H22N4O/c1-12-5-6-16-15(8-12)17(20-11-19-16)21-7-3-4-14(10-21)9-18-13(2)22/h5-6,8,11,14H,3-4,7,9-10H2,1-2H3,(H,18,22). The summed E-state index contributed by atoms with van der Waals surface area (Å²) in [6, 6.07) is 6.28. The largest absolute Gasteiger partial charge is 0.356 e. The van der Waals surface area contributed by atoms with Crippen LogP contribution in [0.3, 0.4) is 0 Å². The minimum Gasteiger partial charge on any atom is -0.356 e. The molecule has 0 aliphatic carbocycles. The molecular weight excluding hydrogens is 276 g/mol. The van der Waals surface area contributed by atoms with Crippen LogP contribution < -0.4 is 10.2 Å². The van der Waals surface area contributed by atoms with Crippen molar-refractivity contribution in [3.05, 3.63) is 30.1 Å². The monoisotopic (exact) mass is 298 g/mol. The number of carbonyl (C=O) groups excluding carboxylic acids is 1. The van der Waals surface area contributed by atoms with Crippen molar-refractivity contribution in [1.82, 2.24) is 15.3 Å². The van der Waals surface area contributed by atoms with Crippen molar-refractivity contribution >= 4 is 22.6 Å². The van der Waals surface area contributed by atoms with Gasteiger partial charge in [0.1, 0.15) is 12.1 Å². The Kier molecular flexibility index (Phi) is 4.22. The summed E-state index contributed by atoms with van der Waals surface area (Å²) in [5.74, 6) is 1.54. The van der Waals surface area contributed by atoms with Crippen molar-refractivity contribution < 1.29 is 4.79 Å². The molecular formula is C17H22N4O. The molecule has 1 saturated heterocycles. The van der Waals surface area contributed by atoms with E-state index in [4.69, 9.17) is 0 Å². The van der Waals surface area contributed by atoms with Gasteiger partial charge in [-0.05, 0) is 37.8 Å². The minimum atomic E-state index is 0.0419. The minimum absolute atomic E-state index is 0.0419. The zero-order valence-corrected chi connectivity index (χ0v) is 13.2. The van der Waals surface area contributed by atoms with Crippen molar-refractivity contribution in [3.63, 3.8) is 0 Å². The third-order valence-electron chi connectivity index (χ3n) is 4.23. The Morgan fingerprint density at radius 2 is 2.27 bits per heavy atom. The van der Waals surface area contributed by atoms with Gasteiger partial charge in [-0.2, -0.15) is 0 Å². The molecule has 0 radical (unpaired) electrons. The lowest BCUT2D eigenvalue weighted by Crippen LogP contribution is -2.41. The fraction of sp³-hybridized carbons (Fsp3) is 0.471. The van der Waals surface area contributed by atoms with Crippen LogP contribution in [0.25, 0.3) is 10.9 Å². The number of nitrogens with one attached hydrogen (secondary N) is 1. The molecule has 0 saturated carbocycles. The summed E-state index contributed by atoms with van der Waals surface area (Å²) in [6.07, 6.45) is 3.92. The zero-order chi connectivity index (χ0) is 15.5. The number of aromatic nitrogens is 2. The molecule has 0 spiro atoms. The summed E-state index contributed by atoms with van der Waals surface area (Å²) in [6.45, 7) is 6.35. The van der Waals surface area contributed by atoms with E-state index in [1.165, 1.54) is 5.56 Å². The molecule has 1 amide bonds. The van der Waals surface area contributed by atoms with Crippen LogP contribution in [0.2, 0.25) is 0 Å². The molecule has 0 bridgehead atoms. The number of fused-ring (bicyclic) bond motifs is 1. The van der Waals surface area contributed by atoms with Gasteiger partial charge in [-0.15, -0.1) is 0 Å². The molecule has 1 aliphatic heterocycles. The van der Waals surface area contributed by atoms with E-state index in [0.717, 1.165) is 49.2 Å². The fourth-order valence-electron chi connectivity index (χ4n) is 3.12. The number of hydrogen-bond donors (Lipinski definition) is 1. The first-order valence-electron chi connectivity index (χ1n) is 7.84. The predicted octanol–water partition coefficient (Wildman–Crippen LogP) is 2.29. The first-order chi connectivity index (χ1) is 10.6. The Morgan fingerprint density at radius 3 is 3.09 bits per heavy atom. The van der Waals surface area contributed by atoms with Gasteiger partial charge in [0.15, 0.2) is 0 Å². The third kappa shape index (κ3) is 3.18. The molecule has 1 unspecified atom stereocenters. The van der Waals surface area contributed by atoms with Crippen LogP contribution >= 0.6 is 0 Å². The van der Waals surface area contributed by atoms with Gasteiger partial charge in [-0.25, -0.2) is 9.97 Å². The van der Waals surface area contributed by atoms with Crippen LogP contribution in [-0.4, -0.2) is 35.5 Å². The average molecular weight is 298 g/mol. The highest BCUT2D eigenvalue weighted by atomic mass is 16.1. The van der Waals surface area contributed by atoms with Crippen molar-refractivity contribution in [2.24, 2.45) is 5.92 Å². The van der Waals surface area contributed by atoms with E-state index in [-0.39, 0.29) is 5.91 Å². The zero-order valence-electron chi connectivity index (χ0n) is 13.2. The molecule has 5 nitrogen and oxygen atoms in total. The first kappa shape index (κ1) is 14.8. The summed E-state index contributed by atoms with van der Waals surface area (Å²) in [4.78, 5) is 22.3.